The van der Waals surface area contributed by atoms with Gasteiger partial charge in [-0.25, -0.2) is 4.79 Å². The predicted octanol–water partition coefficient (Wildman–Crippen LogP) is 1.01. The summed E-state index contributed by atoms with van der Waals surface area (Å²) in [6, 6.07) is 0. The lowest BCUT2D eigenvalue weighted by Gasteiger charge is -2.04. The Morgan fingerprint density at radius 3 is 3.00 bits per heavy atom. The van der Waals surface area contributed by atoms with Gasteiger partial charge in [0.2, 0.25) is 5.89 Å². The van der Waals surface area contributed by atoms with Gasteiger partial charge in [-0.05, 0) is 13.3 Å². The van der Waals surface area contributed by atoms with Crippen LogP contribution in [0.15, 0.2) is 4.52 Å². The minimum absolute atomic E-state index is 0.0562. The molecule has 0 aromatic carbocycles. The van der Waals surface area contributed by atoms with Gasteiger partial charge in [-0.15, -0.1) is 0 Å². The Hall–Kier alpha value is -1.43. The predicted molar refractivity (Wildman–Crippen MR) is 50.2 cm³/mol. The minimum Gasteiger partial charge on any atom is -0.479 e. The van der Waals surface area contributed by atoms with E-state index in [2.05, 4.69) is 10.1 Å². The van der Waals surface area contributed by atoms with Crippen LogP contribution in [0.4, 0.5) is 0 Å². The van der Waals surface area contributed by atoms with E-state index in [4.69, 9.17) is 14.4 Å². The molecule has 84 valence electrons. The van der Waals surface area contributed by atoms with Crippen molar-refractivity contribution in [2.24, 2.45) is 0 Å². The summed E-state index contributed by atoms with van der Waals surface area (Å²) >= 11 is 0. The van der Waals surface area contributed by atoms with Gasteiger partial charge in [-0.1, -0.05) is 12.1 Å². The van der Waals surface area contributed by atoms with Gasteiger partial charge in [0.15, 0.2) is 11.9 Å². The highest BCUT2D eigenvalue weighted by Crippen LogP contribution is 2.03. The quantitative estimate of drug-likeness (QED) is 0.760. The van der Waals surface area contributed by atoms with Crippen LogP contribution in [-0.4, -0.2) is 27.3 Å². The first-order valence-corrected chi connectivity index (χ1v) is 4.79. The molecule has 0 radical (unpaired) electrons. The van der Waals surface area contributed by atoms with Crippen LogP contribution >= 0.6 is 0 Å². The maximum atomic E-state index is 10.4. The van der Waals surface area contributed by atoms with Gasteiger partial charge in [0.05, 0.1) is 0 Å². The smallest absolute Gasteiger partial charge is 0.332 e. The molecule has 0 saturated carbocycles. The van der Waals surface area contributed by atoms with Crippen molar-refractivity contribution >= 4 is 5.97 Å². The molecule has 0 amide bonds. The second-order valence-electron chi connectivity index (χ2n) is 3.15. The van der Waals surface area contributed by atoms with Crippen molar-refractivity contribution < 1.29 is 19.2 Å². The molecule has 15 heavy (non-hydrogen) atoms. The SMILES string of the molecule is CCCc1nc(COC(C)C(=O)O)no1. The average molecular weight is 214 g/mol. The number of carboxylic acids is 1. The lowest BCUT2D eigenvalue weighted by atomic mass is 10.3. The highest BCUT2D eigenvalue weighted by molar-refractivity contribution is 5.71. The van der Waals surface area contributed by atoms with Crippen molar-refractivity contribution in [2.75, 3.05) is 0 Å². The highest BCUT2D eigenvalue weighted by atomic mass is 16.5. The van der Waals surface area contributed by atoms with Crippen LogP contribution in [0, 0.1) is 0 Å². The summed E-state index contributed by atoms with van der Waals surface area (Å²) in [6.45, 7) is 3.52. The number of rotatable bonds is 6. The zero-order valence-electron chi connectivity index (χ0n) is 8.77. The number of carbonyl (C=O) groups is 1. The first kappa shape index (κ1) is 11.6. The average Bonchev–Trinajstić information content (AvgIpc) is 2.62. The molecule has 6 heteroatoms. The number of aryl methyl sites for hydroxylation is 1. The van der Waals surface area contributed by atoms with Crippen LogP contribution in [0.3, 0.4) is 0 Å². The van der Waals surface area contributed by atoms with Crippen molar-refractivity contribution in [3.63, 3.8) is 0 Å². The number of carboxylic acid groups (broad SMARTS) is 1. The van der Waals surface area contributed by atoms with Crippen LogP contribution in [0.1, 0.15) is 32.0 Å². The number of aromatic nitrogens is 2. The van der Waals surface area contributed by atoms with Gasteiger partial charge in [0.1, 0.15) is 6.61 Å². The molecule has 0 fully saturated rings. The van der Waals surface area contributed by atoms with E-state index >= 15 is 0 Å². The van der Waals surface area contributed by atoms with Crippen molar-refractivity contribution in [1.29, 1.82) is 0 Å². The Kier molecular flexibility index (Phi) is 4.23. The fourth-order valence-electron chi connectivity index (χ4n) is 0.935. The Morgan fingerprint density at radius 1 is 1.67 bits per heavy atom. The van der Waals surface area contributed by atoms with E-state index in [1.807, 2.05) is 6.92 Å². The molecule has 0 aliphatic rings. The molecule has 0 saturated heterocycles. The molecule has 1 rings (SSSR count). The molecule has 6 nitrogen and oxygen atoms in total. The van der Waals surface area contributed by atoms with Crippen LogP contribution in [-0.2, 0) is 22.6 Å². The Morgan fingerprint density at radius 2 is 2.40 bits per heavy atom. The number of aliphatic carboxylic acids is 1. The topological polar surface area (TPSA) is 85.5 Å². The van der Waals surface area contributed by atoms with Gasteiger partial charge in [-0.2, -0.15) is 4.98 Å². The molecule has 1 aromatic heterocycles. The molecule has 1 atom stereocenters. The molecule has 1 N–H and O–H groups in total. The van der Waals surface area contributed by atoms with E-state index in [0.29, 0.717) is 11.7 Å². The minimum atomic E-state index is -1.01. The second kappa shape index (κ2) is 5.45. The number of hydrogen-bond donors (Lipinski definition) is 1. The van der Waals surface area contributed by atoms with Gasteiger partial charge in [-0.3, -0.25) is 0 Å². The number of ether oxygens (including phenoxy) is 1. The van der Waals surface area contributed by atoms with E-state index in [1.165, 1.54) is 6.92 Å². The van der Waals surface area contributed by atoms with E-state index in [-0.39, 0.29) is 6.61 Å². The maximum Gasteiger partial charge on any atom is 0.332 e. The molecule has 1 heterocycles. The lowest BCUT2D eigenvalue weighted by molar-refractivity contribution is -0.150. The summed E-state index contributed by atoms with van der Waals surface area (Å²) in [4.78, 5) is 14.5. The molecule has 0 bridgehead atoms. The third-order valence-electron chi connectivity index (χ3n) is 1.78. The summed E-state index contributed by atoms with van der Waals surface area (Å²) in [5.74, 6) is -0.0714. The Bertz CT molecular complexity index is 324. The van der Waals surface area contributed by atoms with Crippen molar-refractivity contribution in [2.45, 2.75) is 39.4 Å². The van der Waals surface area contributed by atoms with Crippen LogP contribution in [0.5, 0.6) is 0 Å². The highest BCUT2D eigenvalue weighted by Gasteiger charge is 2.13. The molecule has 0 aliphatic heterocycles. The first-order valence-electron chi connectivity index (χ1n) is 4.79. The fourth-order valence-corrected chi connectivity index (χ4v) is 0.935. The zero-order chi connectivity index (χ0) is 11.3. The van der Waals surface area contributed by atoms with Gasteiger partial charge < -0.3 is 14.4 Å². The molecule has 1 aromatic rings. The van der Waals surface area contributed by atoms with Crippen molar-refractivity contribution in [3.05, 3.63) is 11.7 Å². The lowest BCUT2D eigenvalue weighted by Crippen LogP contribution is -2.19. The fraction of sp³-hybridized carbons (Fsp3) is 0.667. The number of hydrogen-bond acceptors (Lipinski definition) is 5. The number of nitrogens with zero attached hydrogens (tertiary/aromatic N) is 2. The second-order valence-corrected chi connectivity index (χ2v) is 3.15. The maximum absolute atomic E-state index is 10.4. The van der Waals surface area contributed by atoms with E-state index in [0.717, 1.165) is 12.8 Å². The van der Waals surface area contributed by atoms with Crippen LogP contribution in [0.2, 0.25) is 0 Å². The third-order valence-corrected chi connectivity index (χ3v) is 1.78. The van der Waals surface area contributed by atoms with Gasteiger partial charge >= 0.3 is 5.97 Å². The molecular formula is C9H14N2O4. The van der Waals surface area contributed by atoms with E-state index in [1.54, 1.807) is 0 Å². The van der Waals surface area contributed by atoms with Gasteiger partial charge in [0.25, 0.3) is 0 Å². The summed E-state index contributed by atoms with van der Waals surface area (Å²) in [7, 11) is 0. The molecular weight excluding hydrogens is 200 g/mol. The summed E-state index contributed by atoms with van der Waals surface area (Å²) in [5, 5.41) is 12.2. The monoisotopic (exact) mass is 214 g/mol. The van der Waals surface area contributed by atoms with Crippen LogP contribution in [0.25, 0.3) is 0 Å². The molecule has 1 unspecified atom stereocenters. The summed E-state index contributed by atoms with van der Waals surface area (Å²) < 4.78 is 9.91. The van der Waals surface area contributed by atoms with E-state index in [9.17, 15) is 4.79 Å². The van der Waals surface area contributed by atoms with Crippen LogP contribution < -0.4 is 0 Å². The Balaban J connectivity index is 2.40. The largest absolute Gasteiger partial charge is 0.479 e. The molecule has 0 spiro atoms. The first-order chi connectivity index (χ1) is 7.13. The zero-order valence-corrected chi connectivity index (χ0v) is 8.77. The van der Waals surface area contributed by atoms with Crippen molar-refractivity contribution in [1.82, 2.24) is 10.1 Å². The normalized spacial score (nSPS) is 12.7. The standard InChI is InChI=1S/C9H14N2O4/c1-3-4-8-10-7(11-15-8)5-14-6(2)9(12)13/h6H,3-5H2,1-2H3,(H,12,13). The third kappa shape index (κ3) is 3.67. The van der Waals surface area contributed by atoms with E-state index < -0.39 is 12.1 Å². The van der Waals surface area contributed by atoms with Gasteiger partial charge in [0, 0.05) is 6.42 Å². The molecule has 0 aliphatic carbocycles. The van der Waals surface area contributed by atoms with Crippen molar-refractivity contribution in [3.8, 4) is 0 Å². The summed E-state index contributed by atoms with van der Waals surface area (Å²) in [6.07, 6.45) is 0.785. The Labute approximate surface area is 87.2 Å². The summed E-state index contributed by atoms with van der Waals surface area (Å²) in [5.41, 5.74) is 0.